The molecule has 0 heterocycles. The quantitative estimate of drug-likeness (QED) is 0.638. The molecule has 1 aromatic carbocycles. The lowest BCUT2D eigenvalue weighted by atomic mass is 10.2. The molecule has 5 nitrogen and oxygen atoms in total. The summed E-state index contributed by atoms with van der Waals surface area (Å²) in [5.41, 5.74) is 1.02. The molecule has 0 aliphatic rings. The third-order valence-electron chi connectivity index (χ3n) is 3.26. The number of sulfone groups is 1. The molecule has 2 N–H and O–H groups in total. The van der Waals surface area contributed by atoms with Gasteiger partial charge in [0.2, 0.25) is 0 Å². The topological polar surface area (TPSA) is 70.6 Å². The van der Waals surface area contributed by atoms with E-state index in [2.05, 4.69) is 15.6 Å². The Morgan fingerprint density at radius 3 is 2.52 bits per heavy atom. The maximum atomic E-state index is 11.7. The highest BCUT2D eigenvalue weighted by atomic mass is 35.5. The lowest BCUT2D eigenvalue weighted by Gasteiger charge is -2.24. The Bertz CT molecular complexity index is 612. The third-order valence-corrected chi connectivity index (χ3v) is 5.64. The zero-order valence-electron chi connectivity index (χ0n) is 12.8. The lowest BCUT2D eigenvalue weighted by molar-refractivity contribution is 0.544. The van der Waals surface area contributed by atoms with Gasteiger partial charge in [-0.1, -0.05) is 23.7 Å². The Morgan fingerprint density at radius 1 is 1.33 bits per heavy atom. The molecule has 118 valence electrons. The van der Waals surface area contributed by atoms with Gasteiger partial charge in [0.1, 0.15) is 0 Å². The fraction of sp³-hybridized carbons (Fsp3) is 0.500. The van der Waals surface area contributed by atoms with Crippen LogP contribution in [0.1, 0.15) is 19.4 Å². The number of hydrogen-bond acceptors (Lipinski definition) is 3. The number of nitrogens with one attached hydrogen (secondary N) is 2. The van der Waals surface area contributed by atoms with Crippen molar-refractivity contribution >= 4 is 27.4 Å². The fourth-order valence-electron chi connectivity index (χ4n) is 1.48. The van der Waals surface area contributed by atoms with Gasteiger partial charge in [0.25, 0.3) is 0 Å². The normalized spacial score (nSPS) is 13.1. The predicted octanol–water partition coefficient (Wildman–Crippen LogP) is 1.83. The van der Waals surface area contributed by atoms with Gasteiger partial charge in [0, 0.05) is 31.4 Å². The van der Waals surface area contributed by atoms with Gasteiger partial charge in [-0.25, -0.2) is 8.42 Å². The van der Waals surface area contributed by atoms with Crippen LogP contribution in [0.4, 0.5) is 0 Å². The summed E-state index contributed by atoms with van der Waals surface area (Å²) in [6.45, 7) is 4.19. The summed E-state index contributed by atoms with van der Waals surface area (Å²) < 4.78 is 22.5. The van der Waals surface area contributed by atoms with Crippen molar-refractivity contribution in [2.45, 2.75) is 25.1 Å². The number of benzene rings is 1. The molecule has 7 heteroatoms. The first-order valence-electron chi connectivity index (χ1n) is 6.54. The van der Waals surface area contributed by atoms with Crippen LogP contribution in [-0.4, -0.2) is 39.0 Å². The van der Waals surface area contributed by atoms with E-state index in [0.29, 0.717) is 17.5 Å². The zero-order valence-corrected chi connectivity index (χ0v) is 14.3. The Kier molecular flexibility index (Phi) is 6.04. The van der Waals surface area contributed by atoms with Crippen LogP contribution in [0, 0.1) is 0 Å². The summed E-state index contributed by atoms with van der Waals surface area (Å²) in [5, 5.41) is 6.83. The molecule has 0 saturated heterocycles. The van der Waals surface area contributed by atoms with Crippen LogP contribution in [0.15, 0.2) is 29.3 Å². The monoisotopic (exact) mass is 331 g/mol. The van der Waals surface area contributed by atoms with E-state index in [9.17, 15) is 8.42 Å². The van der Waals surface area contributed by atoms with E-state index in [-0.39, 0.29) is 6.54 Å². The van der Waals surface area contributed by atoms with Crippen LogP contribution in [0.25, 0.3) is 0 Å². The van der Waals surface area contributed by atoms with Crippen LogP contribution in [-0.2, 0) is 16.4 Å². The van der Waals surface area contributed by atoms with E-state index in [4.69, 9.17) is 11.6 Å². The average molecular weight is 332 g/mol. The van der Waals surface area contributed by atoms with Gasteiger partial charge in [-0.15, -0.1) is 0 Å². The Balaban J connectivity index is 2.58. The van der Waals surface area contributed by atoms with Crippen LogP contribution in [0.3, 0.4) is 0 Å². The number of nitrogens with zero attached hydrogens (tertiary/aromatic N) is 1. The van der Waals surface area contributed by atoms with Crippen molar-refractivity contribution in [1.82, 2.24) is 10.6 Å². The number of aliphatic imine (C=N–C) groups is 1. The van der Waals surface area contributed by atoms with E-state index >= 15 is 0 Å². The SMILES string of the molecule is CN=C(NCc1cccc(Cl)c1)NCC(C)(C)S(C)(=O)=O. The molecule has 1 rings (SSSR count). The van der Waals surface area contributed by atoms with Crippen LogP contribution >= 0.6 is 11.6 Å². The maximum absolute atomic E-state index is 11.7. The molecule has 0 spiro atoms. The van der Waals surface area contributed by atoms with Crippen LogP contribution in [0.5, 0.6) is 0 Å². The lowest BCUT2D eigenvalue weighted by Crippen LogP contribution is -2.47. The molecule has 0 fully saturated rings. The van der Waals surface area contributed by atoms with E-state index in [1.807, 2.05) is 24.3 Å². The standard InChI is InChI=1S/C14H22ClN3O2S/c1-14(2,21(4,19)20)10-18-13(16-3)17-9-11-6-5-7-12(15)8-11/h5-8H,9-10H2,1-4H3,(H2,16,17,18). The second kappa shape index (κ2) is 7.13. The summed E-state index contributed by atoms with van der Waals surface area (Å²) >= 11 is 5.92. The molecule has 0 aromatic heterocycles. The molecule has 0 bridgehead atoms. The summed E-state index contributed by atoms with van der Waals surface area (Å²) in [6, 6.07) is 7.50. The minimum Gasteiger partial charge on any atom is -0.355 e. The molecule has 0 aliphatic carbocycles. The molecule has 0 radical (unpaired) electrons. The smallest absolute Gasteiger partial charge is 0.191 e. The van der Waals surface area contributed by atoms with Crippen molar-refractivity contribution < 1.29 is 8.42 Å². The first kappa shape index (κ1) is 17.8. The number of guanidine groups is 1. The molecule has 0 unspecified atom stereocenters. The van der Waals surface area contributed by atoms with Gasteiger partial charge in [-0.05, 0) is 31.5 Å². The van der Waals surface area contributed by atoms with Gasteiger partial charge in [-0.2, -0.15) is 0 Å². The molecule has 1 aromatic rings. The Labute approximate surface area is 131 Å². The molecular formula is C14H22ClN3O2S. The zero-order chi connectivity index (χ0) is 16.1. The van der Waals surface area contributed by atoms with E-state index < -0.39 is 14.6 Å². The minimum absolute atomic E-state index is 0.279. The predicted molar refractivity (Wildman–Crippen MR) is 88.6 cm³/mol. The number of halogens is 1. The highest BCUT2D eigenvalue weighted by Crippen LogP contribution is 2.13. The second-order valence-electron chi connectivity index (χ2n) is 5.44. The van der Waals surface area contributed by atoms with Crippen molar-refractivity contribution in [2.24, 2.45) is 4.99 Å². The highest BCUT2D eigenvalue weighted by Gasteiger charge is 2.30. The van der Waals surface area contributed by atoms with Crippen molar-refractivity contribution in [3.8, 4) is 0 Å². The van der Waals surface area contributed by atoms with Crippen LogP contribution < -0.4 is 10.6 Å². The third kappa shape index (κ3) is 5.55. The van der Waals surface area contributed by atoms with Crippen molar-refractivity contribution in [2.75, 3.05) is 19.8 Å². The first-order chi connectivity index (χ1) is 9.65. The van der Waals surface area contributed by atoms with Crippen molar-refractivity contribution in [3.05, 3.63) is 34.9 Å². The van der Waals surface area contributed by atoms with Gasteiger partial charge < -0.3 is 10.6 Å². The number of hydrogen-bond donors (Lipinski definition) is 2. The van der Waals surface area contributed by atoms with E-state index in [1.54, 1.807) is 20.9 Å². The second-order valence-corrected chi connectivity index (χ2v) is 8.53. The maximum Gasteiger partial charge on any atom is 0.191 e. The number of rotatable bonds is 5. The first-order valence-corrected chi connectivity index (χ1v) is 8.81. The summed E-state index contributed by atoms with van der Waals surface area (Å²) in [6.07, 6.45) is 1.23. The molecule has 0 amide bonds. The largest absolute Gasteiger partial charge is 0.355 e. The molecule has 21 heavy (non-hydrogen) atoms. The van der Waals surface area contributed by atoms with E-state index in [1.165, 1.54) is 6.26 Å². The summed E-state index contributed by atoms with van der Waals surface area (Å²) in [7, 11) is -1.50. The molecule has 0 saturated carbocycles. The van der Waals surface area contributed by atoms with E-state index in [0.717, 1.165) is 5.56 Å². The van der Waals surface area contributed by atoms with Gasteiger partial charge in [0.05, 0.1) is 4.75 Å². The Morgan fingerprint density at radius 2 is 2.00 bits per heavy atom. The molecular weight excluding hydrogens is 310 g/mol. The average Bonchev–Trinajstić information content (AvgIpc) is 2.37. The molecule has 0 aliphatic heterocycles. The summed E-state index contributed by atoms with van der Waals surface area (Å²) in [4.78, 5) is 4.08. The Hall–Kier alpha value is -1.27. The van der Waals surface area contributed by atoms with Crippen LogP contribution in [0.2, 0.25) is 5.02 Å². The minimum atomic E-state index is -3.14. The summed E-state index contributed by atoms with van der Waals surface area (Å²) in [5.74, 6) is 0.548. The van der Waals surface area contributed by atoms with Gasteiger partial charge >= 0.3 is 0 Å². The highest BCUT2D eigenvalue weighted by molar-refractivity contribution is 7.92. The fourth-order valence-corrected chi connectivity index (χ4v) is 2.03. The van der Waals surface area contributed by atoms with Gasteiger partial charge in [-0.3, -0.25) is 4.99 Å². The van der Waals surface area contributed by atoms with Crippen molar-refractivity contribution in [1.29, 1.82) is 0 Å². The van der Waals surface area contributed by atoms with Gasteiger partial charge in [0.15, 0.2) is 15.8 Å². The van der Waals surface area contributed by atoms with Crippen molar-refractivity contribution in [3.63, 3.8) is 0 Å². The molecule has 0 atom stereocenters.